The highest BCUT2D eigenvalue weighted by Crippen LogP contribution is 2.44. The molecule has 0 saturated heterocycles. The lowest BCUT2D eigenvalue weighted by molar-refractivity contribution is -0.126. The van der Waals surface area contributed by atoms with Crippen LogP contribution in [0.5, 0.6) is 0 Å². The Bertz CT molecular complexity index is 1450. The number of nitrogens with one attached hydrogen (secondary N) is 4. The summed E-state index contributed by atoms with van der Waals surface area (Å²) in [6, 6.07) is 18.1. The molecule has 0 unspecified atom stereocenters. The number of fused-ring (bicyclic) bond motifs is 1. The maximum absolute atomic E-state index is 12.7. The fraction of sp³-hybridized carbons (Fsp3) is 0.192. The topological polar surface area (TPSA) is 125 Å². The molecule has 1 aliphatic carbocycles. The third kappa shape index (κ3) is 5.23. The minimum absolute atomic E-state index is 0.00767. The second-order valence-corrected chi connectivity index (χ2v) is 10.2. The Morgan fingerprint density at radius 1 is 1.08 bits per heavy atom. The third-order valence-electron chi connectivity index (χ3n) is 6.31. The largest absolute Gasteiger partial charge is 0.352 e. The van der Waals surface area contributed by atoms with Crippen molar-refractivity contribution in [2.75, 3.05) is 17.2 Å². The second kappa shape index (κ2) is 9.93. The molecule has 0 bridgehead atoms. The zero-order chi connectivity index (χ0) is 25.3. The van der Waals surface area contributed by atoms with Crippen molar-refractivity contribution in [1.29, 1.82) is 0 Å². The van der Waals surface area contributed by atoms with Gasteiger partial charge in [0.25, 0.3) is 5.91 Å². The van der Waals surface area contributed by atoms with Crippen LogP contribution < -0.4 is 21.7 Å². The van der Waals surface area contributed by atoms with E-state index in [2.05, 4.69) is 41.8 Å². The van der Waals surface area contributed by atoms with Crippen molar-refractivity contribution < 1.29 is 9.59 Å². The number of H-pyrrole nitrogens is 1. The number of halogens is 2. The van der Waals surface area contributed by atoms with Crippen LogP contribution in [0.4, 0.5) is 17.3 Å². The molecule has 2 amide bonds. The lowest BCUT2D eigenvalue weighted by atomic mass is 10.1. The normalized spacial score (nSPS) is 13.9. The molecule has 4 aromatic rings. The van der Waals surface area contributed by atoms with Crippen molar-refractivity contribution in [1.82, 2.24) is 15.3 Å². The fourth-order valence-corrected chi connectivity index (χ4v) is 4.33. The summed E-state index contributed by atoms with van der Waals surface area (Å²) in [5.74, 6) is 0.258. The lowest BCUT2D eigenvalue weighted by Gasteiger charge is -2.14. The van der Waals surface area contributed by atoms with Crippen LogP contribution in [-0.2, 0) is 11.3 Å². The van der Waals surface area contributed by atoms with Crippen LogP contribution in [0.2, 0.25) is 5.02 Å². The molecule has 8 nitrogen and oxygen atoms in total. The zero-order valence-electron chi connectivity index (χ0n) is 19.2. The summed E-state index contributed by atoms with van der Waals surface area (Å²) in [5, 5.41) is 9.57. The van der Waals surface area contributed by atoms with Gasteiger partial charge in [-0.1, -0.05) is 33.6 Å². The van der Waals surface area contributed by atoms with Crippen molar-refractivity contribution in [2.24, 2.45) is 11.1 Å². The number of aromatic amines is 1. The zero-order valence-corrected chi connectivity index (χ0v) is 21.5. The molecule has 184 valence electrons. The number of amides is 2. The highest BCUT2D eigenvalue weighted by Gasteiger charge is 2.48. The van der Waals surface area contributed by atoms with Gasteiger partial charge in [-0.15, -0.1) is 0 Å². The van der Waals surface area contributed by atoms with Crippen LogP contribution in [-0.4, -0.2) is 28.3 Å². The Kier molecular flexibility index (Phi) is 6.70. The van der Waals surface area contributed by atoms with Crippen LogP contribution in [0, 0.1) is 5.41 Å². The van der Waals surface area contributed by atoms with E-state index in [1.165, 1.54) is 0 Å². The molecule has 6 N–H and O–H groups in total. The van der Waals surface area contributed by atoms with Crippen molar-refractivity contribution in [2.45, 2.75) is 19.4 Å². The van der Waals surface area contributed by atoms with E-state index in [0.29, 0.717) is 52.0 Å². The first-order valence-corrected chi connectivity index (χ1v) is 12.6. The summed E-state index contributed by atoms with van der Waals surface area (Å²) in [4.78, 5) is 32.8. The Morgan fingerprint density at radius 2 is 1.86 bits per heavy atom. The number of hydrogen-bond acceptors (Lipinski definition) is 5. The van der Waals surface area contributed by atoms with Crippen molar-refractivity contribution in [3.8, 4) is 0 Å². The molecule has 1 fully saturated rings. The van der Waals surface area contributed by atoms with E-state index in [0.717, 1.165) is 22.9 Å². The smallest absolute Gasteiger partial charge is 0.255 e. The number of carbonyl (C=O) groups is 2. The van der Waals surface area contributed by atoms with Gasteiger partial charge in [-0.2, -0.15) is 0 Å². The van der Waals surface area contributed by atoms with E-state index in [1.54, 1.807) is 24.3 Å². The first kappa shape index (κ1) is 24.3. The van der Waals surface area contributed by atoms with Crippen LogP contribution in [0.1, 0.15) is 28.8 Å². The Balaban J connectivity index is 1.28. The first-order chi connectivity index (χ1) is 17.3. The summed E-state index contributed by atoms with van der Waals surface area (Å²) < 4.78 is 0.938. The lowest BCUT2D eigenvalue weighted by Crippen LogP contribution is -2.36. The highest BCUT2D eigenvalue weighted by molar-refractivity contribution is 9.10. The van der Waals surface area contributed by atoms with Gasteiger partial charge in [0.2, 0.25) is 11.9 Å². The van der Waals surface area contributed by atoms with Gasteiger partial charge in [0.15, 0.2) is 0 Å². The molecular formula is C26H24BrClN6O2. The van der Waals surface area contributed by atoms with E-state index < -0.39 is 5.41 Å². The number of imidazole rings is 1. The van der Waals surface area contributed by atoms with Gasteiger partial charge < -0.3 is 26.7 Å². The van der Waals surface area contributed by atoms with Crippen molar-refractivity contribution >= 4 is 67.7 Å². The molecule has 3 aromatic carbocycles. The summed E-state index contributed by atoms with van der Waals surface area (Å²) in [6.45, 7) is 0.745. The van der Waals surface area contributed by atoms with Gasteiger partial charge in [-0.05, 0) is 73.0 Å². The average molecular weight is 568 g/mol. The SMILES string of the molecule is NCC1(C(=O)NCc2ccc(Cl)c(Nc3nc4ccc(C(=O)Nc5ccc(Br)cc5)cc4[nH]3)c2)CC1. The first-order valence-electron chi connectivity index (χ1n) is 11.5. The van der Waals surface area contributed by atoms with Gasteiger partial charge in [-0.25, -0.2) is 4.98 Å². The van der Waals surface area contributed by atoms with Gasteiger partial charge in [0.05, 0.1) is 27.2 Å². The number of nitrogens with zero attached hydrogens (tertiary/aromatic N) is 1. The fourth-order valence-electron chi connectivity index (χ4n) is 3.90. The predicted octanol–water partition coefficient (Wildman–Crippen LogP) is 5.33. The number of anilines is 3. The number of hydrogen-bond donors (Lipinski definition) is 5. The Morgan fingerprint density at radius 3 is 2.58 bits per heavy atom. The minimum Gasteiger partial charge on any atom is -0.352 e. The van der Waals surface area contributed by atoms with Crippen molar-refractivity contribution in [3.63, 3.8) is 0 Å². The molecule has 0 radical (unpaired) electrons. The number of rotatable bonds is 8. The molecule has 1 aliphatic rings. The summed E-state index contributed by atoms with van der Waals surface area (Å²) in [5.41, 5.74) is 9.51. The standard InChI is InChI=1S/C26H24BrClN6O2/c27-17-3-5-18(6-4-17)31-23(35)16-2-8-20-22(12-16)34-25(32-20)33-21-11-15(1-7-19(21)28)13-30-24(36)26(14-29)9-10-26/h1-8,11-12H,9-10,13-14,29H2,(H,30,36)(H,31,35)(H2,32,33,34). The summed E-state index contributed by atoms with van der Waals surface area (Å²) in [6.07, 6.45) is 1.67. The van der Waals surface area contributed by atoms with E-state index in [-0.39, 0.29) is 11.8 Å². The molecular weight excluding hydrogens is 544 g/mol. The maximum atomic E-state index is 12.7. The van der Waals surface area contributed by atoms with Crippen molar-refractivity contribution in [3.05, 3.63) is 81.3 Å². The summed E-state index contributed by atoms with van der Waals surface area (Å²) >= 11 is 9.79. The number of carbonyl (C=O) groups excluding carboxylic acids is 2. The molecule has 1 heterocycles. The molecule has 1 saturated carbocycles. The third-order valence-corrected chi connectivity index (χ3v) is 7.17. The molecule has 0 atom stereocenters. The van der Waals surface area contributed by atoms with E-state index in [4.69, 9.17) is 17.3 Å². The Labute approximate surface area is 221 Å². The number of nitrogens with two attached hydrogens (primary N) is 1. The average Bonchev–Trinajstić information content (AvgIpc) is 3.58. The Hall–Kier alpha value is -3.40. The van der Waals surface area contributed by atoms with Gasteiger partial charge in [0.1, 0.15) is 0 Å². The summed E-state index contributed by atoms with van der Waals surface area (Å²) in [7, 11) is 0. The van der Waals surface area contributed by atoms with Gasteiger partial charge in [0, 0.05) is 28.8 Å². The molecule has 5 rings (SSSR count). The molecule has 36 heavy (non-hydrogen) atoms. The van der Waals surface area contributed by atoms with E-state index in [9.17, 15) is 9.59 Å². The monoisotopic (exact) mass is 566 g/mol. The predicted molar refractivity (Wildman–Crippen MR) is 145 cm³/mol. The maximum Gasteiger partial charge on any atom is 0.255 e. The van der Waals surface area contributed by atoms with E-state index >= 15 is 0 Å². The number of benzene rings is 3. The molecule has 0 aliphatic heterocycles. The quantitative estimate of drug-likeness (QED) is 0.197. The minimum atomic E-state index is -0.393. The van der Waals surface area contributed by atoms with Crippen LogP contribution in [0.25, 0.3) is 11.0 Å². The van der Waals surface area contributed by atoms with Crippen LogP contribution in [0.15, 0.2) is 65.1 Å². The molecule has 10 heteroatoms. The number of aromatic nitrogens is 2. The molecule has 1 aromatic heterocycles. The van der Waals surface area contributed by atoms with Crippen LogP contribution >= 0.6 is 27.5 Å². The van der Waals surface area contributed by atoms with Gasteiger partial charge >= 0.3 is 0 Å². The van der Waals surface area contributed by atoms with Crippen LogP contribution in [0.3, 0.4) is 0 Å². The highest BCUT2D eigenvalue weighted by atomic mass is 79.9. The van der Waals surface area contributed by atoms with E-state index in [1.807, 2.05) is 36.4 Å². The molecule has 0 spiro atoms. The second-order valence-electron chi connectivity index (χ2n) is 8.88. The van der Waals surface area contributed by atoms with Gasteiger partial charge in [-0.3, -0.25) is 9.59 Å².